The van der Waals surface area contributed by atoms with Crippen LogP contribution in [0.5, 0.6) is 0 Å². The lowest BCUT2D eigenvalue weighted by Crippen LogP contribution is -2.15. The van der Waals surface area contributed by atoms with E-state index in [9.17, 15) is 0 Å². The molecule has 17 heavy (non-hydrogen) atoms. The van der Waals surface area contributed by atoms with Crippen molar-refractivity contribution in [2.45, 2.75) is 12.3 Å². The molecular formula is C12H12Cl2N2S. The second-order valence-electron chi connectivity index (χ2n) is 3.72. The zero-order valence-corrected chi connectivity index (χ0v) is 11.4. The quantitative estimate of drug-likeness (QED) is 0.930. The molecule has 0 saturated carbocycles. The van der Waals surface area contributed by atoms with Gasteiger partial charge < -0.3 is 5.73 Å². The van der Waals surface area contributed by atoms with E-state index in [0.717, 1.165) is 17.0 Å². The lowest BCUT2D eigenvalue weighted by Gasteiger charge is -2.13. The first-order valence-electron chi connectivity index (χ1n) is 5.24. The zero-order chi connectivity index (χ0) is 12.3. The van der Waals surface area contributed by atoms with Crippen LogP contribution in [0.2, 0.25) is 10.0 Å². The predicted molar refractivity (Wildman–Crippen MR) is 74.1 cm³/mol. The third-order valence-electron chi connectivity index (χ3n) is 2.58. The molecular weight excluding hydrogens is 275 g/mol. The van der Waals surface area contributed by atoms with E-state index in [1.165, 1.54) is 0 Å². The van der Waals surface area contributed by atoms with Gasteiger partial charge in [0.2, 0.25) is 0 Å². The van der Waals surface area contributed by atoms with Crippen molar-refractivity contribution in [2.75, 3.05) is 6.54 Å². The van der Waals surface area contributed by atoms with Gasteiger partial charge in [-0.05, 0) is 18.1 Å². The van der Waals surface area contributed by atoms with Gasteiger partial charge in [0.25, 0.3) is 0 Å². The first-order chi connectivity index (χ1) is 8.22. The van der Waals surface area contributed by atoms with Crippen molar-refractivity contribution in [3.8, 4) is 0 Å². The van der Waals surface area contributed by atoms with Gasteiger partial charge in [0.1, 0.15) is 0 Å². The molecule has 0 amide bonds. The molecule has 0 aliphatic carbocycles. The Hall–Kier alpha value is -0.610. The number of hydrogen-bond acceptors (Lipinski definition) is 3. The second-order valence-corrected chi connectivity index (χ2v) is 5.43. The Labute approximate surface area is 114 Å². The van der Waals surface area contributed by atoms with Crippen LogP contribution in [0.1, 0.15) is 16.5 Å². The molecule has 0 aliphatic heterocycles. The first-order valence-corrected chi connectivity index (χ1v) is 6.88. The molecule has 5 heteroatoms. The van der Waals surface area contributed by atoms with Crippen LogP contribution in [0, 0.1) is 0 Å². The van der Waals surface area contributed by atoms with E-state index in [-0.39, 0.29) is 5.92 Å². The minimum Gasteiger partial charge on any atom is -0.330 e. The van der Waals surface area contributed by atoms with Crippen LogP contribution in [0.25, 0.3) is 0 Å². The van der Waals surface area contributed by atoms with Crippen LogP contribution in [0.4, 0.5) is 0 Å². The van der Waals surface area contributed by atoms with E-state index in [1.54, 1.807) is 23.6 Å². The molecule has 1 aromatic heterocycles. The van der Waals surface area contributed by atoms with E-state index in [2.05, 4.69) is 4.98 Å². The highest BCUT2D eigenvalue weighted by atomic mass is 35.5. The molecule has 2 rings (SSSR count). The summed E-state index contributed by atoms with van der Waals surface area (Å²) >= 11 is 13.8. The Kier molecular flexibility index (Phi) is 4.40. The maximum absolute atomic E-state index is 6.17. The van der Waals surface area contributed by atoms with Crippen LogP contribution < -0.4 is 5.73 Å². The Morgan fingerprint density at radius 3 is 2.82 bits per heavy atom. The van der Waals surface area contributed by atoms with Gasteiger partial charge in [-0.3, -0.25) is 0 Å². The number of aromatic nitrogens is 1. The molecule has 2 N–H and O–H groups in total. The lowest BCUT2D eigenvalue weighted by atomic mass is 10.00. The van der Waals surface area contributed by atoms with Crippen molar-refractivity contribution in [3.63, 3.8) is 0 Å². The minimum absolute atomic E-state index is 0.200. The number of benzene rings is 1. The molecule has 1 atom stereocenters. The third-order valence-corrected chi connectivity index (χ3v) is 4.38. The minimum atomic E-state index is 0.200. The van der Waals surface area contributed by atoms with Gasteiger partial charge in [0.05, 0.1) is 15.1 Å². The van der Waals surface area contributed by atoms with Gasteiger partial charge in [0, 0.05) is 24.0 Å². The van der Waals surface area contributed by atoms with Crippen molar-refractivity contribution in [1.82, 2.24) is 4.98 Å². The standard InChI is InChI=1S/C12H12Cl2N2S/c13-10-3-1-2-8(11(10)14)6-9(7-15)12-16-4-5-17-12/h1-5,9H,6-7,15H2. The Bertz CT molecular complexity index is 485. The largest absolute Gasteiger partial charge is 0.330 e. The topological polar surface area (TPSA) is 38.9 Å². The molecule has 1 unspecified atom stereocenters. The number of nitrogens with two attached hydrogens (primary N) is 1. The summed E-state index contributed by atoms with van der Waals surface area (Å²) in [6, 6.07) is 5.66. The van der Waals surface area contributed by atoms with Gasteiger partial charge in [-0.1, -0.05) is 35.3 Å². The van der Waals surface area contributed by atoms with Gasteiger partial charge in [0.15, 0.2) is 0 Å². The molecule has 0 radical (unpaired) electrons. The number of rotatable bonds is 4. The van der Waals surface area contributed by atoms with Crippen LogP contribution in [0.15, 0.2) is 29.8 Å². The molecule has 0 fully saturated rings. The summed E-state index contributed by atoms with van der Waals surface area (Å²) in [5, 5.41) is 4.20. The fourth-order valence-electron chi connectivity index (χ4n) is 1.68. The van der Waals surface area contributed by atoms with E-state index in [1.807, 2.05) is 17.5 Å². The average Bonchev–Trinajstić information content (AvgIpc) is 2.85. The van der Waals surface area contributed by atoms with E-state index in [4.69, 9.17) is 28.9 Å². The van der Waals surface area contributed by atoms with Gasteiger partial charge in [-0.2, -0.15) is 0 Å². The second kappa shape index (κ2) is 5.83. The summed E-state index contributed by atoms with van der Waals surface area (Å²) in [7, 11) is 0. The first kappa shape index (κ1) is 12.8. The SMILES string of the molecule is NCC(Cc1cccc(Cl)c1Cl)c1nccs1. The highest BCUT2D eigenvalue weighted by Crippen LogP contribution is 2.30. The number of thiazole rings is 1. The fourth-order valence-corrected chi connectivity index (χ4v) is 2.83. The molecule has 1 heterocycles. The van der Waals surface area contributed by atoms with Crippen molar-refractivity contribution in [1.29, 1.82) is 0 Å². The Balaban J connectivity index is 2.22. The van der Waals surface area contributed by atoms with Crippen molar-refractivity contribution < 1.29 is 0 Å². The summed E-state index contributed by atoms with van der Waals surface area (Å²) < 4.78 is 0. The van der Waals surface area contributed by atoms with Crippen LogP contribution in [-0.2, 0) is 6.42 Å². The number of halogens is 2. The molecule has 0 aliphatic rings. The Morgan fingerprint density at radius 2 is 2.18 bits per heavy atom. The highest BCUT2D eigenvalue weighted by Gasteiger charge is 2.15. The molecule has 0 bridgehead atoms. The van der Waals surface area contributed by atoms with E-state index < -0.39 is 0 Å². The van der Waals surface area contributed by atoms with Crippen LogP contribution in [0.3, 0.4) is 0 Å². The Morgan fingerprint density at radius 1 is 1.35 bits per heavy atom. The maximum Gasteiger partial charge on any atom is 0.0971 e. The summed E-state index contributed by atoms with van der Waals surface area (Å²) in [6.45, 7) is 0.552. The molecule has 0 spiro atoms. The van der Waals surface area contributed by atoms with Gasteiger partial charge >= 0.3 is 0 Å². The molecule has 1 aromatic carbocycles. The molecule has 0 saturated heterocycles. The summed E-state index contributed by atoms with van der Waals surface area (Å²) in [5.41, 5.74) is 6.81. The summed E-state index contributed by atoms with van der Waals surface area (Å²) in [4.78, 5) is 4.30. The summed E-state index contributed by atoms with van der Waals surface area (Å²) in [5.74, 6) is 0.200. The summed E-state index contributed by atoms with van der Waals surface area (Å²) in [6.07, 6.45) is 2.56. The highest BCUT2D eigenvalue weighted by molar-refractivity contribution is 7.09. The normalized spacial score (nSPS) is 12.6. The molecule has 2 aromatic rings. The fraction of sp³-hybridized carbons (Fsp3) is 0.250. The number of hydrogen-bond donors (Lipinski definition) is 1. The van der Waals surface area contributed by atoms with E-state index in [0.29, 0.717) is 16.6 Å². The maximum atomic E-state index is 6.17. The van der Waals surface area contributed by atoms with Crippen molar-refractivity contribution >= 4 is 34.5 Å². The van der Waals surface area contributed by atoms with E-state index >= 15 is 0 Å². The van der Waals surface area contributed by atoms with Gasteiger partial charge in [-0.15, -0.1) is 11.3 Å². The van der Waals surface area contributed by atoms with Crippen molar-refractivity contribution in [2.24, 2.45) is 5.73 Å². The third kappa shape index (κ3) is 2.99. The predicted octanol–water partition coefficient (Wildman–Crippen LogP) is 3.73. The lowest BCUT2D eigenvalue weighted by molar-refractivity contribution is 0.689. The van der Waals surface area contributed by atoms with Crippen LogP contribution in [-0.4, -0.2) is 11.5 Å². The monoisotopic (exact) mass is 286 g/mol. The zero-order valence-electron chi connectivity index (χ0n) is 9.07. The smallest absolute Gasteiger partial charge is 0.0971 e. The van der Waals surface area contributed by atoms with Gasteiger partial charge in [-0.25, -0.2) is 4.98 Å². The number of nitrogens with zero attached hydrogens (tertiary/aromatic N) is 1. The van der Waals surface area contributed by atoms with Crippen molar-refractivity contribution in [3.05, 3.63) is 50.4 Å². The molecule has 90 valence electrons. The average molecular weight is 287 g/mol. The molecule has 2 nitrogen and oxygen atoms in total. The van der Waals surface area contributed by atoms with Crippen LogP contribution >= 0.6 is 34.5 Å².